The van der Waals surface area contributed by atoms with Gasteiger partial charge < -0.3 is 19.9 Å². The Bertz CT molecular complexity index is 1520. The highest BCUT2D eigenvalue weighted by atomic mass is 35.5. The number of ether oxygens (including phenoxy) is 1. The van der Waals surface area contributed by atoms with E-state index in [4.69, 9.17) is 16.3 Å². The number of hydrogen-bond donors (Lipinski definition) is 3. The number of fused-ring (bicyclic) bond motifs is 3. The number of carbonyl (C=O) groups is 2. The van der Waals surface area contributed by atoms with Gasteiger partial charge >= 0.3 is 0 Å². The van der Waals surface area contributed by atoms with Crippen molar-refractivity contribution in [2.24, 2.45) is 0 Å². The number of piperidine rings is 1. The lowest BCUT2D eigenvalue weighted by atomic mass is 10.0. The summed E-state index contributed by atoms with van der Waals surface area (Å²) in [6, 6.07) is 4.56. The molecular formula is C26H33ClN6O5S. The van der Waals surface area contributed by atoms with E-state index in [0.717, 1.165) is 28.1 Å². The molecule has 3 aromatic rings. The Labute approximate surface area is 232 Å². The van der Waals surface area contributed by atoms with Crippen LogP contribution in [0.3, 0.4) is 0 Å². The number of halogens is 1. The smallest absolute Gasteiger partial charge is 0.244 e. The van der Waals surface area contributed by atoms with Crippen LogP contribution in [0.25, 0.3) is 21.8 Å². The Morgan fingerprint density at radius 1 is 1.23 bits per heavy atom. The number of hydrogen-bond acceptors (Lipinski definition) is 7. The van der Waals surface area contributed by atoms with Gasteiger partial charge in [-0.15, -0.1) is 0 Å². The van der Waals surface area contributed by atoms with E-state index in [1.165, 1.54) is 0 Å². The average molecular weight is 577 g/mol. The minimum absolute atomic E-state index is 0.0536. The molecule has 2 saturated heterocycles. The second-order valence-electron chi connectivity index (χ2n) is 10.9. The van der Waals surface area contributed by atoms with E-state index >= 15 is 0 Å². The highest BCUT2D eigenvalue weighted by Crippen LogP contribution is 2.33. The van der Waals surface area contributed by atoms with Gasteiger partial charge in [0.05, 0.1) is 47.9 Å². The van der Waals surface area contributed by atoms with Gasteiger partial charge in [0, 0.05) is 47.7 Å². The molecule has 0 spiro atoms. The molecular weight excluding hydrogens is 544 g/mol. The average Bonchev–Trinajstić information content (AvgIpc) is 3.22. The van der Waals surface area contributed by atoms with Crippen molar-refractivity contribution in [2.75, 3.05) is 44.4 Å². The standard InChI is InChI=1S/C26H33ClN6O5S/c1-26(2)15-33(13-23(34)32-8-5-17(6-9-32)31-39(3,36)37)22(14-38-26)25(35)30-20-11-16(27)10-19-18-4-7-28-12-21(18)29-24(19)20/h4,7,10-12,17,22,29,31H,5-6,8-9,13-15H2,1-3H3,(H,30,35)/t22-/m0/s1. The van der Waals surface area contributed by atoms with Gasteiger partial charge in [0.1, 0.15) is 6.04 Å². The first-order valence-electron chi connectivity index (χ1n) is 12.9. The summed E-state index contributed by atoms with van der Waals surface area (Å²) >= 11 is 6.41. The SMILES string of the molecule is CC1(C)CN(CC(=O)N2CCC(NS(C)(=O)=O)CC2)[C@H](C(=O)Nc2cc(Cl)cc3c2[nH]c2cnccc23)CO1. The number of likely N-dealkylation sites (tertiary alicyclic amines) is 1. The summed E-state index contributed by atoms with van der Waals surface area (Å²) < 4.78 is 31.7. The summed E-state index contributed by atoms with van der Waals surface area (Å²) in [6.07, 6.45) is 5.65. The molecule has 0 bridgehead atoms. The molecule has 39 heavy (non-hydrogen) atoms. The van der Waals surface area contributed by atoms with Crippen LogP contribution >= 0.6 is 11.6 Å². The van der Waals surface area contributed by atoms with E-state index in [1.807, 2.05) is 30.9 Å². The van der Waals surface area contributed by atoms with Crippen LogP contribution in [0.2, 0.25) is 5.02 Å². The van der Waals surface area contributed by atoms with E-state index in [0.29, 0.717) is 43.2 Å². The van der Waals surface area contributed by atoms with Gasteiger partial charge in [0.25, 0.3) is 0 Å². The number of anilines is 1. The van der Waals surface area contributed by atoms with Gasteiger partial charge in [-0.2, -0.15) is 0 Å². The molecule has 1 atom stereocenters. The maximum atomic E-state index is 13.6. The summed E-state index contributed by atoms with van der Waals surface area (Å²) in [7, 11) is -3.30. The Morgan fingerprint density at radius 2 is 1.97 bits per heavy atom. The lowest BCUT2D eigenvalue weighted by Gasteiger charge is -2.43. The highest BCUT2D eigenvalue weighted by Gasteiger charge is 2.39. The Hall–Kier alpha value is -2.77. The predicted octanol–water partition coefficient (Wildman–Crippen LogP) is 2.33. The normalized spacial score (nSPS) is 20.9. The van der Waals surface area contributed by atoms with Gasteiger partial charge in [-0.25, -0.2) is 13.1 Å². The Balaban J connectivity index is 1.31. The monoisotopic (exact) mass is 576 g/mol. The molecule has 0 unspecified atom stereocenters. The molecule has 5 rings (SSSR count). The fraction of sp³-hybridized carbons (Fsp3) is 0.500. The molecule has 2 fully saturated rings. The van der Waals surface area contributed by atoms with Crippen molar-refractivity contribution < 1.29 is 22.7 Å². The number of nitrogens with zero attached hydrogens (tertiary/aromatic N) is 3. The molecule has 2 aromatic heterocycles. The third kappa shape index (κ3) is 6.36. The quantitative estimate of drug-likeness (QED) is 0.409. The molecule has 2 aliphatic rings. The van der Waals surface area contributed by atoms with Gasteiger partial charge in [-0.1, -0.05) is 11.6 Å². The van der Waals surface area contributed by atoms with Gasteiger partial charge in [0.2, 0.25) is 21.8 Å². The van der Waals surface area contributed by atoms with Gasteiger partial charge in [-0.3, -0.25) is 19.5 Å². The maximum Gasteiger partial charge on any atom is 0.244 e. The summed E-state index contributed by atoms with van der Waals surface area (Å²) in [5.41, 5.74) is 1.57. The van der Waals surface area contributed by atoms with Gasteiger partial charge in [-0.05, 0) is 44.9 Å². The van der Waals surface area contributed by atoms with Crippen LogP contribution < -0.4 is 10.0 Å². The molecule has 0 radical (unpaired) electrons. The van der Waals surface area contributed by atoms with Crippen molar-refractivity contribution in [3.05, 3.63) is 35.6 Å². The van der Waals surface area contributed by atoms with Crippen molar-refractivity contribution in [3.8, 4) is 0 Å². The first kappa shape index (κ1) is 27.8. The number of rotatable bonds is 6. The first-order chi connectivity index (χ1) is 18.4. The van der Waals surface area contributed by atoms with E-state index in [1.54, 1.807) is 23.4 Å². The minimum Gasteiger partial charge on any atom is -0.372 e. The second-order valence-corrected chi connectivity index (χ2v) is 13.2. The zero-order valence-corrected chi connectivity index (χ0v) is 23.7. The van der Waals surface area contributed by atoms with E-state index < -0.39 is 21.7 Å². The van der Waals surface area contributed by atoms with Crippen molar-refractivity contribution in [3.63, 3.8) is 0 Å². The summed E-state index contributed by atoms with van der Waals surface area (Å²) in [4.78, 5) is 37.9. The van der Waals surface area contributed by atoms with Crippen molar-refractivity contribution >= 4 is 60.9 Å². The number of H-pyrrole nitrogens is 1. The van der Waals surface area contributed by atoms with Crippen LogP contribution in [0.4, 0.5) is 5.69 Å². The number of morpholine rings is 1. The number of carbonyl (C=O) groups excluding carboxylic acids is 2. The largest absolute Gasteiger partial charge is 0.372 e. The molecule has 2 amide bonds. The number of aromatic amines is 1. The molecule has 13 heteroatoms. The fourth-order valence-corrected chi connectivity index (χ4v) is 6.48. The molecule has 0 aliphatic carbocycles. The molecule has 4 heterocycles. The molecule has 2 aliphatic heterocycles. The number of benzene rings is 1. The number of sulfonamides is 1. The predicted molar refractivity (Wildman–Crippen MR) is 150 cm³/mol. The van der Waals surface area contributed by atoms with Crippen LogP contribution in [0, 0.1) is 0 Å². The molecule has 3 N–H and O–H groups in total. The number of amides is 2. The van der Waals surface area contributed by atoms with Crippen LogP contribution in [-0.2, 0) is 24.3 Å². The maximum absolute atomic E-state index is 13.6. The topological polar surface area (TPSA) is 137 Å². The van der Waals surface area contributed by atoms with Crippen LogP contribution in [-0.4, -0.2) is 96.7 Å². The van der Waals surface area contributed by atoms with E-state index in [9.17, 15) is 18.0 Å². The Morgan fingerprint density at radius 3 is 2.69 bits per heavy atom. The number of aromatic nitrogens is 2. The van der Waals surface area contributed by atoms with Crippen LogP contribution in [0.15, 0.2) is 30.6 Å². The fourth-order valence-electron chi connectivity index (χ4n) is 5.42. The zero-order valence-electron chi connectivity index (χ0n) is 22.2. The van der Waals surface area contributed by atoms with Crippen molar-refractivity contribution in [1.82, 2.24) is 24.5 Å². The summed E-state index contributed by atoms with van der Waals surface area (Å²) in [5, 5.41) is 5.31. The van der Waals surface area contributed by atoms with Gasteiger partial charge in [0.15, 0.2) is 0 Å². The summed E-state index contributed by atoms with van der Waals surface area (Å²) in [5.74, 6) is -0.397. The molecule has 1 aromatic carbocycles. The number of pyridine rings is 1. The van der Waals surface area contributed by atoms with Crippen LogP contribution in [0.5, 0.6) is 0 Å². The second kappa shape index (κ2) is 10.7. The lowest BCUT2D eigenvalue weighted by molar-refractivity contribution is -0.150. The van der Waals surface area contributed by atoms with Crippen molar-refractivity contribution in [2.45, 2.75) is 44.4 Å². The third-order valence-electron chi connectivity index (χ3n) is 7.26. The molecule has 11 nitrogen and oxygen atoms in total. The van der Waals surface area contributed by atoms with Crippen molar-refractivity contribution in [1.29, 1.82) is 0 Å². The summed E-state index contributed by atoms with van der Waals surface area (Å²) in [6.45, 7) is 5.34. The van der Waals surface area contributed by atoms with E-state index in [2.05, 4.69) is 20.0 Å². The molecule has 210 valence electrons. The molecule has 0 saturated carbocycles. The lowest BCUT2D eigenvalue weighted by Crippen LogP contribution is -2.60. The highest BCUT2D eigenvalue weighted by molar-refractivity contribution is 7.88. The third-order valence-corrected chi connectivity index (χ3v) is 8.24. The minimum atomic E-state index is -3.30. The van der Waals surface area contributed by atoms with E-state index in [-0.39, 0.29) is 31.0 Å². The zero-order chi connectivity index (χ0) is 27.9. The number of nitrogens with one attached hydrogen (secondary N) is 3. The van der Waals surface area contributed by atoms with Crippen LogP contribution in [0.1, 0.15) is 26.7 Å². The first-order valence-corrected chi connectivity index (χ1v) is 15.1. The Kier molecular flexibility index (Phi) is 7.59.